The quantitative estimate of drug-likeness (QED) is 0.334. The van der Waals surface area contributed by atoms with Crippen molar-refractivity contribution in [1.29, 1.82) is 0 Å². The largest absolute Gasteiger partial charge is 0.388 e. The summed E-state index contributed by atoms with van der Waals surface area (Å²) in [6, 6.07) is 10.1. The Kier molecular flexibility index (Phi) is 6.77. The summed E-state index contributed by atoms with van der Waals surface area (Å²) in [7, 11) is 0. The number of rotatable bonds is 6. The molecule has 0 aliphatic carbocycles. The number of nitrogens with one attached hydrogen (secondary N) is 2. The van der Waals surface area contributed by atoms with Gasteiger partial charge in [0.2, 0.25) is 0 Å². The average Bonchev–Trinajstić information content (AvgIpc) is 3.20. The fourth-order valence-corrected chi connectivity index (χ4v) is 4.45. The standard InChI is InChI=1S/C27H28ClFN4O3/c1-14(2)21-19(25(34)30-23(27(4,5)36)16-6-9-18(29)10-7-16)13-33-22(21)26(35)31-24(32-33)17-8-11-20(28)15(3)12-17/h6-14,23,36H,1-5H3,(H,30,34)(H,31,32,35)/t23-/m0/s1. The highest BCUT2D eigenvalue weighted by molar-refractivity contribution is 6.31. The second-order valence-electron chi connectivity index (χ2n) is 9.78. The van der Waals surface area contributed by atoms with Crippen molar-refractivity contribution >= 4 is 23.0 Å². The van der Waals surface area contributed by atoms with Crippen LogP contribution in [0.15, 0.2) is 53.5 Å². The number of aromatic nitrogens is 3. The third kappa shape index (κ3) is 4.92. The molecule has 0 saturated carbocycles. The zero-order valence-electron chi connectivity index (χ0n) is 20.7. The summed E-state index contributed by atoms with van der Waals surface area (Å²) in [6.45, 7) is 8.75. The smallest absolute Gasteiger partial charge is 0.275 e. The Bertz CT molecular complexity index is 1500. The Morgan fingerprint density at radius 2 is 1.86 bits per heavy atom. The molecule has 2 aromatic heterocycles. The number of aliphatic hydroxyl groups is 1. The van der Waals surface area contributed by atoms with E-state index in [-0.39, 0.29) is 22.6 Å². The minimum atomic E-state index is -1.35. The van der Waals surface area contributed by atoms with E-state index in [1.165, 1.54) is 35.0 Å². The predicted octanol–water partition coefficient (Wildman–Crippen LogP) is 5.16. The van der Waals surface area contributed by atoms with Crippen LogP contribution < -0.4 is 10.9 Å². The molecule has 2 aromatic carbocycles. The maximum Gasteiger partial charge on any atom is 0.275 e. The molecule has 0 bridgehead atoms. The van der Waals surface area contributed by atoms with Crippen LogP contribution in [0.25, 0.3) is 16.9 Å². The number of H-pyrrole nitrogens is 1. The molecule has 0 aliphatic heterocycles. The number of benzene rings is 2. The number of amides is 1. The Hall–Kier alpha value is -3.49. The van der Waals surface area contributed by atoms with Gasteiger partial charge in [-0.15, -0.1) is 5.10 Å². The van der Waals surface area contributed by atoms with Crippen molar-refractivity contribution in [2.45, 2.75) is 52.2 Å². The number of aromatic amines is 1. The first kappa shape index (κ1) is 25.6. The molecule has 3 N–H and O–H groups in total. The van der Waals surface area contributed by atoms with E-state index in [0.29, 0.717) is 27.5 Å². The van der Waals surface area contributed by atoms with Gasteiger partial charge in [-0.1, -0.05) is 37.6 Å². The van der Waals surface area contributed by atoms with Gasteiger partial charge in [-0.25, -0.2) is 8.91 Å². The van der Waals surface area contributed by atoms with Crippen molar-refractivity contribution in [1.82, 2.24) is 19.9 Å². The monoisotopic (exact) mass is 510 g/mol. The second-order valence-corrected chi connectivity index (χ2v) is 10.2. The molecular formula is C27H28ClFN4O3. The fraction of sp³-hybridized carbons (Fsp3) is 0.296. The highest BCUT2D eigenvalue weighted by Crippen LogP contribution is 2.29. The first-order chi connectivity index (χ1) is 16.9. The number of hydrogen-bond acceptors (Lipinski definition) is 4. The number of carbonyl (C=O) groups excluding carboxylic acids is 1. The maximum absolute atomic E-state index is 13.5. The van der Waals surface area contributed by atoms with Crippen molar-refractivity contribution in [3.8, 4) is 11.4 Å². The van der Waals surface area contributed by atoms with Crippen LogP contribution in [0, 0.1) is 12.7 Å². The Labute approximate surface area is 212 Å². The molecule has 0 spiro atoms. The summed E-state index contributed by atoms with van der Waals surface area (Å²) in [5.41, 5.74) is 1.41. The van der Waals surface area contributed by atoms with Crippen molar-refractivity contribution in [2.75, 3.05) is 0 Å². The SMILES string of the molecule is Cc1cc(-c2nn3cc(C(=O)N[C@@H](c4ccc(F)cc4)C(C)(C)O)c(C(C)C)c3c(=O)[nH]2)ccc1Cl. The first-order valence-corrected chi connectivity index (χ1v) is 12.0. The summed E-state index contributed by atoms with van der Waals surface area (Å²) < 4.78 is 14.9. The van der Waals surface area contributed by atoms with Crippen LogP contribution in [0.3, 0.4) is 0 Å². The minimum Gasteiger partial charge on any atom is -0.388 e. The van der Waals surface area contributed by atoms with E-state index in [9.17, 15) is 19.1 Å². The molecule has 2 heterocycles. The van der Waals surface area contributed by atoms with E-state index >= 15 is 0 Å². The normalized spacial score (nSPS) is 12.8. The molecule has 0 radical (unpaired) electrons. The molecule has 7 nitrogen and oxygen atoms in total. The average molecular weight is 511 g/mol. The number of nitrogens with zero attached hydrogens (tertiary/aromatic N) is 2. The van der Waals surface area contributed by atoms with Gasteiger partial charge < -0.3 is 15.4 Å². The fourth-order valence-electron chi connectivity index (χ4n) is 4.33. The third-order valence-electron chi connectivity index (χ3n) is 6.12. The van der Waals surface area contributed by atoms with Crippen LogP contribution in [0.4, 0.5) is 4.39 Å². The Morgan fingerprint density at radius 3 is 2.44 bits per heavy atom. The van der Waals surface area contributed by atoms with Crippen LogP contribution in [0.5, 0.6) is 0 Å². The van der Waals surface area contributed by atoms with Gasteiger partial charge in [-0.3, -0.25) is 9.59 Å². The van der Waals surface area contributed by atoms with Gasteiger partial charge >= 0.3 is 0 Å². The first-order valence-electron chi connectivity index (χ1n) is 11.6. The van der Waals surface area contributed by atoms with Gasteiger partial charge in [-0.2, -0.15) is 0 Å². The third-order valence-corrected chi connectivity index (χ3v) is 6.54. The lowest BCUT2D eigenvalue weighted by atomic mass is 9.91. The number of halogens is 2. The van der Waals surface area contributed by atoms with Gasteiger partial charge in [-0.05, 0) is 68.1 Å². The number of carbonyl (C=O) groups is 1. The lowest BCUT2D eigenvalue weighted by Crippen LogP contribution is -2.42. The van der Waals surface area contributed by atoms with Gasteiger partial charge in [0.05, 0.1) is 17.2 Å². The highest BCUT2D eigenvalue weighted by atomic mass is 35.5. The molecule has 188 valence electrons. The molecule has 0 aliphatic rings. The molecule has 36 heavy (non-hydrogen) atoms. The van der Waals surface area contributed by atoms with E-state index in [4.69, 9.17) is 11.6 Å². The number of aryl methyl sites for hydroxylation is 1. The van der Waals surface area contributed by atoms with E-state index in [0.717, 1.165) is 5.56 Å². The van der Waals surface area contributed by atoms with Gasteiger partial charge in [0.15, 0.2) is 5.82 Å². The topological polar surface area (TPSA) is 99.5 Å². The summed E-state index contributed by atoms with van der Waals surface area (Å²) in [4.78, 5) is 29.5. The van der Waals surface area contributed by atoms with E-state index in [2.05, 4.69) is 15.4 Å². The summed E-state index contributed by atoms with van der Waals surface area (Å²) >= 11 is 6.14. The molecule has 0 unspecified atom stereocenters. The van der Waals surface area contributed by atoms with Crippen LogP contribution in [-0.2, 0) is 0 Å². The second kappa shape index (κ2) is 9.52. The molecule has 1 amide bonds. The van der Waals surface area contributed by atoms with Crippen molar-refractivity contribution in [2.24, 2.45) is 0 Å². The lowest BCUT2D eigenvalue weighted by molar-refractivity contribution is 0.0343. The molecule has 1 atom stereocenters. The number of fused-ring (bicyclic) bond motifs is 1. The van der Waals surface area contributed by atoms with E-state index in [1.54, 1.807) is 26.0 Å². The molecule has 4 aromatic rings. The molecular weight excluding hydrogens is 483 g/mol. The Morgan fingerprint density at radius 1 is 1.19 bits per heavy atom. The molecule has 9 heteroatoms. The van der Waals surface area contributed by atoms with Gasteiger partial charge in [0, 0.05) is 22.3 Å². The lowest BCUT2D eigenvalue weighted by Gasteiger charge is -2.30. The summed E-state index contributed by atoms with van der Waals surface area (Å²) in [6.07, 6.45) is 1.52. The number of hydrogen-bond donors (Lipinski definition) is 3. The zero-order valence-corrected chi connectivity index (χ0v) is 21.4. The molecule has 0 fully saturated rings. The van der Waals surface area contributed by atoms with Gasteiger partial charge in [0.25, 0.3) is 11.5 Å². The predicted molar refractivity (Wildman–Crippen MR) is 138 cm³/mol. The molecule has 0 saturated heterocycles. The van der Waals surface area contributed by atoms with Crippen LogP contribution >= 0.6 is 11.6 Å². The van der Waals surface area contributed by atoms with E-state index < -0.39 is 23.4 Å². The van der Waals surface area contributed by atoms with Crippen molar-refractivity contribution < 1.29 is 14.3 Å². The Balaban J connectivity index is 1.80. The van der Waals surface area contributed by atoms with Crippen LogP contribution in [0.1, 0.15) is 66.7 Å². The highest BCUT2D eigenvalue weighted by Gasteiger charge is 2.32. The van der Waals surface area contributed by atoms with Crippen LogP contribution in [-0.4, -0.2) is 31.2 Å². The summed E-state index contributed by atoms with van der Waals surface area (Å²) in [5.74, 6) is -0.736. The minimum absolute atomic E-state index is 0.173. The maximum atomic E-state index is 13.5. The van der Waals surface area contributed by atoms with E-state index in [1.807, 2.05) is 26.8 Å². The molecule has 4 rings (SSSR count). The van der Waals surface area contributed by atoms with Gasteiger partial charge in [0.1, 0.15) is 11.3 Å². The van der Waals surface area contributed by atoms with Crippen molar-refractivity contribution in [3.63, 3.8) is 0 Å². The zero-order chi connectivity index (χ0) is 26.4. The van der Waals surface area contributed by atoms with Crippen LogP contribution in [0.2, 0.25) is 5.02 Å². The van der Waals surface area contributed by atoms with Crippen molar-refractivity contribution in [3.05, 3.63) is 92.1 Å². The summed E-state index contributed by atoms with van der Waals surface area (Å²) in [5, 5.41) is 18.8.